The average Bonchev–Trinajstić information content (AvgIpc) is 3.04. The molecule has 0 aliphatic rings. The van der Waals surface area contributed by atoms with Gasteiger partial charge in [0.05, 0.1) is 12.7 Å². The molecular weight excluding hydrogens is 314 g/mol. The SMILES string of the molecule is CCN(CC)c1c(-c2ccc(OC)cc2)c(Cl)nc2ncnn12. The van der Waals surface area contributed by atoms with Gasteiger partial charge in [0.2, 0.25) is 0 Å². The minimum atomic E-state index is 0.414. The highest BCUT2D eigenvalue weighted by Gasteiger charge is 2.20. The van der Waals surface area contributed by atoms with Crippen LogP contribution in [0.5, 0.6) is 5.75 Å². The van der Waals surface area contributed by atoms with Crippen molar-refractivity contribution < 1.29 is 4.74 Å². The summed E-state index contributed by atoms with van der Waals surface area (Å²) in [5, 5.41) is 4.73. The van der Waals surface area contributed by atoms with E-state index in [0.717, 1.165) is 35.8 Å². The molecule has 0 saturated heterocycles. The predicted octanol–water partition coefficient (Wildman–Crippen LogP) is 3.30. The van der Waals surface area contributed by atoms with Crippen LogP contribution < -0.4 is 9.64 Å². The Morgan fingerprint density at radius 2 is 1.87 bits per heavy atom. The average molecular weight is 332 g/mol. The molecule has 1 aromatic carbocycles. The molecule has 0 bridgehead atoms. The molecule has 7 heteroatoms. The molecule has 0 saturated carbocycles. The molecule has 120 valence electrons. The molecule has 2 heterocycles. The zero-order chi connectivity index (χ0) is 16.4. The van der Waals surface area contributed by atoms with Gasteiger partial charge in [-0.05, 0) is 31.5 Å². The molecular formula is C16H18ClN5O. The number of fused-ring (bicyclic) bond motifs is 1. The van der Waals surface area contributed by atoms with Gasteiger partial charge in [-0.3, -0.25) is 0 Å². The maximum Gasteiger partial charge on any atom is 0.255 e. The second-order valence-corrected chi connectivity index (χ2v) is 5.33. The molecule has 0 aliphatic heterocycles. The van der Waals surface area contributed by atoms with Crippen molar-refractivity contribution in [3.8, 4) is 16.9 Å². The van der Waals surface area contributed by atoms with Crippen LogP contribution in [0, 0.1) is 0 Å². The summed E-state index contributed by atoms with van der Waals surface area (Å²) in [4.78, 5) is 10.7. The number of halogens is 1. The quantitative estimate of drug-likeness (QED) is 0.671. The second kappa shape index (κ2) is 6.42. The fourth-order valence-electron chi connectivity index (χ4n) is 2.62. The molecule has 0 aliphatic carbocycles. The Balaban J connectivity index is 2.28. The van der Waals surface area contributed by atoms with E-state index in [4.69, 9.17) is 16.3 Å². The van der Waals surface area contributed by atoms with Gasteiger partial charge in [0.15, 0.2) is 0 Å². The first kappa shape index (κ1) is 15.6. The van der Waals surface area contributed by atoms with Crippen LogP contribution in [0.2, 0.25) is 5.15 Å². The van der Waals surface area contributed by atoms with Crippen molar-refractivity contribution >= 4 is 23.2 Å². The Morgan fingerprint density at radius 1 is 1.17 bits per heavy atom. The molecule has 0 unspecified atom stereocenters. The Kier molecular flexibility index (Phi) is 4.34. The molecule has 0 N–H and O–H groups in total. The largest absolute Gasteiger partial charge is 0.497 e. The number of rotatable bonds is 5. The van der Waals surface area contributed by atoms with Crippen LogP contribution in [0.1, 0.15) is 13.8 Å². The Labute approximate surface area is 139 Å². The lowest BCUT2D eigenvalue weighted by Gasteiger charge is -2.24. The number of nitrogens with zero attached hydrogens (tertiary/aromatic N) is 5. The monoisotopic (exact) mass is 331 g/mol. The smallest absolute Gasteiger partial charge is 0.255 e. The first-order chi connectivity index (χ1) is 11.2. The van der Waals surface area contributed by atoms with Gasteiger partial charge in [0.25, 0.3) is 5.78 Å². The summed E-state index contributed by atoms with van der Waals surface area (Å²) in [6, 6.07) is 7.75. The molecule has 3 rings (SSSR count). The first-order valence-corrected chi connectivity index (χ1v) is 7.86. The number of methoxy groups -OCH3 is 1. The van der Waals surface area contributed by atoms with E-state index in [1.165, 1.54) is 6.33 Å². The summed E-state index contributed by atoms with van der Waals surface area (Å²) < 4.78 is 6.96. The van der Waals surface area contributed by atoms with Crippen molar-refractivity contribution in [2.75, 3.05) is 25.1 Å². The van der Waals surface area contributed by atoms with Crippen LogP contribution in [0.15, 0.2) is 30.6 Å². The molecule has 0 atom stereocenters. The van der Waals surface area contributed by atoms with E-state index in [9.17, 15) is 0 Å². The fourth-order valence-corrected chi connectivity index (χ4v) is 2.89. The highest BCUT2D eigenvalue weighted by atomic mass is 35.5. The van der Waals surface area contributed by atoms with Crippen molar-refractivity contribution in [2.24, 2.45) is 0 Å². The maximum atomic E-state index is 6.48. The first-order valence-electron chi connectivity index (χ1n) is 7.48. The fraction of sp³-hybridized carbons (Fsp3) is 0.312. The standard InChI is InChI=1S/C16H18ClN5O/c1-4-21(5-2)15-13(11-6-8-12(23-3)9-7-11)14(17)20-16-18-10-19-22(15)16/h6-10H,4-5H2,1-3H3. The van der Waals surface area contributed by atoms with Gasteiger partial charge in [-0.2, -0.15) is 19.6 Å². The third-order valence-electron chi connectivity index (χ3n) is 3.80. The Hall–Kier alpha value is -2.34. The van der Waals surface area contributed by atoms with Crippen molar-refractivity contribution in [3.63, 3.8) is 0 Å². The predicted molar refractivity (Wildman–Crippen MR) is 91.3 cm³/mol. The topological polar surface area (TPSA) is 55.5 Å². The zero-order valence-corrected chi connectivity index (χ0v) is 14.1. The summed E-state index contributed by atoms with van der Waals surface area (Å²) in [7, 11) is 1.65. The van der Waals surface area contributed by atoms with Crippen LogP contribution in [-0.4, -0.2) is 39.8 Å². The molecule has 2 aromatic heterocycles. The van der Waals surface area contributed by atoms with E-state index in [2.05, 4.69) is 33.8 Å². The van der Waals surface area contributed by atoms with E-state index >= 15 is 0 Å². The van der Waals surface area contributed by atoms with Crippen LogP contribution in [-0.2, 0) is 0 Å². The number of benzene rings is 1. The molecule has 6 nitrogen and oxygen atoms in total. The minimum Gasteiger partial charge on any atom is -0.497 e. The summed E-state index contributed by atoms with van der Waals surface area (Å²) in [5.41, 5.74) is 1.80. The molecule has 0 spiro atoms. The number of hydrogen-bond acceptors (Lipinski definition) is 5. The summed E-state index contributed by atoms with van der Waals surface area (Å²) in [6.45, 7) is 5.85. The van der Waals surface area contributed by atoms with Gasteiger partial charge in [-0.15, -0.1) is 0 Å². The van der Waals surface area contributed by atoms with Crippen LogP contribution in [0.3, 0.4) is 0 Å². The molecule has 23 heavy (non-hydrogen) atoms. The van der Waals surface area contributed by atoms with Crippen LogP contribution in [0.25, 0.3) is 16.9 Å². The van der Waals surface area contributed by atoms with Gasteiger partial charge in [-0.1, -0.05) is 23.7 Å². The third-order valence-corrected chi connectivity index (χ3v) is 4.07. The Bertz CT molecular complexity index is 811. The lowest BCUT2D eigenvalue weighted by molar-refractivity contribution is 0.415. The van der Waals surface area contributed by atoms with Gasteiger partial charge in [-0.25, -0.2) is 0 Å². The van der Waals surface area contributed by atoms with Gasteiger partial charge in [0.1, 0.15) is 23.0 Å². The lowest BCUT2D eigenvalue weighted by atomic mass is 10.1. The third kappa shape index (κ3) is 2.70. The van der Waals surface area contributed by atoms with Gasteiger partial charge < -0.3 is 9.64 Å². The number of hydrogen-bond donors (Lipinski definition) is 0. The van der Waals surface area contributed by atoms with Crippen molar-refractivity contribution in [1.29, 1.82) is 0 Å². The van der Waals surface area contributed by atoms with Crippen molar-refractivity contribution in [1.82, 2.24) is 19.6 Å². The Morgan fingerprint density at radius 3 is 2.48 bits per heavy atom. The highest BCUT2D eigenvalue weighted by molar-refractivity contribution is 6.33. The minimum absolute atomic E-state index is 0.414. The summed E-state index contributed by atoms with van der Waals surface area (Å²) in [5.74, 6) is 2.19. The van der Waals surface area contributed by atoms with Crippen LogP contribution in [0.4, 0.5) is 5.82 Å². The van der Waals surface area contributed by atoms with Crippen molar-refractivity contribution in [3.05, 3.63) is 35.7 Å². The molecule has 0 radical (unpaired) electrons. The highest BCUT2D eigenvalue weighted by Crippen LogP contribution is 2.36. The van der Waals surface area contributed by atoms with Gasteiger partial charge >= 0.3 is 0 Å². The zero-order valence-electron chi connectivity index (χ0n) is 13.3. The van der Waals surface area contributed by atoms with E-state index in [1.54, 1.807) is 11.6 Å². The molecule has 0 amide bonds. The molecule has 3 aromatic rings. The van der Waals surface area contributed by atoms with E-state index in [-0.39, 0.29) is 0 Å². The van der Waals surface area contributed by atoms with Crippen LogP contribution >= 0.6 is 11.6 Å². The molecule has 0 fully saturated rings. The summed E-state index contributed by atoms with van der Waals surface area (Å²) in [6.07, 6.45) is 1.49. The van der Waals surface area contributed by atoms with E-state index in [1.807, 2.05) is 24.3 Å². The van der Waals surface area contributed by atoms with Gasteiger partial charge in [0, 0.05) is 13.1 Å². The normalized spacial score (nSPS) is 11.0. The summed E-state index contributed by atoms with van der Waals surface area (Å²) >= 11 is 6.48. The van der Waals surface area contributed by atoms with E-state index < -0.39 is 0 Å². The second-order valence-electron chi connectivity index (χ2n) is 4.97. The lowest BCUT2D eigenvalue weighted by Crippen LogP contribution is -2.26. The van der Waals surface area contributed by atoms with E-state index in [0.29, 0.717) is 10.9 Å². The maximum absolute atomic E-state index is 6.48. The number of aromatic nitrogens is 4. The number of ether oxygens (including phenoxy) is 1. The van der Waals surface area contributed by atoms with Crippen molar-refractivity contribution in [2.45, 2.75) is 13.8 Å². The number of anilines is 1.